The molecule has 2 rings (SSSR count). The number of amides is 2. The molecule has 0 aromatic rings. The van der Waals surface area contributed by atoms with Crippen molar-refractivity contribution in [1.82, 2.24) is 10.2 Å². The van der Waals surface area contributed by atoms with Crippen molar-refractivity contribution in [1.29, 1.82) is 0 Å². The van der Waals surface area contributed by atoms with E-state index in [-0.39, 0.29) is 36.9 Å². The van der Waals surface area contributed by atoms with E-state index in [2.05, 4.69) is 5.32 Å². The maximum absolute atomic E-state index is 12.1. The van der Waals surface area contributed by atoms with Crippen molar-refractivity contribution in [2.24, 2.45) is 5.73 Å². The fraction of sp³-hybridized carbons (Fsp3) is 0.857. The number of methoxy groups -OCH3 is 1. The van der Waals surface area contributed by atoms with Gasteiger partial charge in [0, 0.05) is 26.1 Å². The molecule has 0 radical (unpaired) electrons. The topological polar surface area (TPSA) is 84.7 Å². The first-order valence-corrected chi connectivity index (χ1v) is 7.46. The van der Waals surface area contributed by atoms with Gasteiger partial charge in [-0.3, -0.25) is 9.59 Å². The van der Waals surface area contributed by atoms with Gasteiger partial charge in [-0.25, -0.2) is 0 Å². The molecule has 0 aromatic carbocycles. The highest BCUT2D eigenvalue weighted by Gasteiger charge is 2.35. The molecule has 1 aliphatic heterocycles. The van der Waals surface area contributed by atoms with Crippen molar-refractivity contribution < 1.29 is 14.3 Å². The summed E-state index contributed by atoms with van der Waals surface area (Å²) in [5, 5.41) is 2.86. The van der Waals surface area contributed by atoms with Gasteiger partial charge in [-0.1, -0.05) is 19.3 Å². The third-order valence-corrected chi connectivity index (χ3v) is 4.20. The van der Waals surface area contributed by atoms with Gasteiger partial charge in [0.25, 0.3) is 0 Å². The van der Waals surface area contributed by atoms with E-state index in [1.807, 2.05) is 4.90 Å². The number of nitrogens with zero attached hydrogens (tertiary/aromatic N) is 1. The predicted molar refractivity (Wildman–Crippen MR) is 82.2 cm³/mol. The quantitative estimate of drug-likeness (QED) is 0.769. The zero-order chi connectivity index (χ0) is 14.5. The summed E-state index contributed by atoms with van der Waals surface area (Å²) in [6, 6.07) is -0.413. The maximum atomic E-state index is 12.1. The Morgan fingerprint density at radius 2 is 2.10 bits per heavy atom. The predicted octanol–water partition coefficient (Wildman–Crippen LogP) is 0.432. The Kier molecular flexibility index (Phi) is 7.42. The molecule has 2 amide bonds. The van der Waals surface area contributed by atoms with Crippen molar-refractivity contribution in [3.8, 4) is 0 Å². The Morgan fingerprint density at radius 1 is 1.43 bits per heavy atom. The first-order chi connectivity index (χ1) is 9.61. The smallest absolute Gasteiger partial charge is 0.239 e. The number of nitrogens with two attached hydrogens (primary N) is 1. The fourth-order valence-corrected chi connectivity index (χ4v) is 3.14. The minimum Gasteiger partial charge on any atom is -0.383 e. The number of hydrogen-bond acceptors (Lipinski definition) is 4. The van der Waals surface area contributed by atoms with Crippen molar-refractivity contribution >= 4 is 24.2 Å². The second kappa shape index (κ2) is 8.56. The lowest BCUT2D eigenvalue weighted by atomic mass is 9.94. The Bertz CT molecular complexity index is 361. The van der Waals surface area contributed by atoms with E-state index in [0.717, 1.165) is 12.8 Å². The molecular formula is C14H26ClN3O3. The van der Waals surface area contributed by atoms with Gasteiger partial charge in [0.05, 0.1) is 12.6 Å². The van der Waals surface area contributed by atoms with E-state index in [9.17, 15) is 9.59 Å². The van der Waals surface area contributed by atoms with Crippen LogP contribution in [0.4, 0.5) is 0 Å². The number of rotatable bonds is 5. The van der Waals surface area contributed by atoms with E-state index in [4.69, 9.17) is 10.5 Å². The molecule has 1 saturated heterocycles. The number of likely N-dealkylation sites (tertiary alicyclic amines) is 1. The van der Waals surface area contributed by atoms with Crippen molar-refractivity contribution in [3.63, 3.8) is 0 Å². The Labute approximate surface area is 132 Å². The van der Waals surface area contributed by atoms with E-state index in [1.54, 1.807) is 0 Å². The molecule has 2 atom stereocenters. The molecular weight excluding hydrogens is 294 g/mol. The zero-order valence-electron chi connectivity index (χ0n) is 12.5. The first-order valence-electron chi connectivity index (χ1n) is 7.46. The van der Waals surface area contributed by atoms with Gasteiger partial charge in [-0.2, -0.15) is 0 Å². The second-order valence-corrected chi connectivity index (χ2v) is 5.81. The normalized spacial score (nSPS) is 24.6. The number of halogens is 1. The summed E-state index contributed by atoms with van der Waals surface area (Å²) >= 11 is 0. The highest BCUT2D eigenvalue weighted by atomic mass is 35.5. The number of hydrogen-bond donors (Lipinski definition) is 2. The van der Waals surface area contributed by atoms with Crippen LogP contribution < -0.4 is 11.1 Å². The van der Waals surface area contributed by atoms with E-state index >= 15 is 0 Å². The lowest BCUT2D eigenvalue weighted by Gasteiger charge is -2.31. The summed E-state index contributed by atoms with van der Waals surface area (Å²) in [5.41, 5.74) is 5.68. The van der Waals surface area contributed by atoms with Gasteiger partial charge in [-0.15, -0.1) is 12.4 Å². The Morgan fingerprint density at radius 3 is 2.71 bits per heavy atom. The highest BCUT2D eigenvalue weighted by molar-refractivity contribution is 5.85. The van der Waals surface area contributed by atoms with E-state index in [1.165, 1.54) is 26.4 Å². The summed E-state index contributed by atoms with van der Waals surface area (Å²) in [7, 11) is 1.51. The van der Waals surface area contributed by atoms with Crippen LogP contribution in [0.5, 0.6) is 0 Å². The van der Waals surface area contributed by atoms with E-state index in [0.29, 0.717) is 19.0 Å². The highest BCUT2D eigenvalue weighted by Crippen LogP contribution is 2.26. The van der Waals surface area contributed by atoms with E-state index < -0.39 is 6.04 Å². The lowest BCUT2D eigenvalue weighted by Crippen LogP contribution is -2.48. The van der Waals surface area contributed by atoms with Gasteiger partial charge in [0.1, 0.15) is 6.04 Å². The molecule has 122 valence electrons. The summed E-state index contributed by atoms with van der Waals surface area (Å²) in [6.07, 6.45) is 6.24. The van der Waals surface area contributed by atoms with Crippen LogP contribution in [0.25, 0.3) is 0 Å². The summed E-state index contributed by atoms with van der Waals surface area (Å²) in [5.74, 6) is -0.0855. The van der Waals surface area contributed by atoms with Gasteiger partial charge >= 0.3 is 0 Å². The molecule has 6 nitrogen and oxygen atoms in total. The van der Waals surface area contributed by atoms with Crippen molar-refractivity contribution in [2.75, 3.05) is 20.3 Å². The molecule has 0 bridgehead atoms. The maximum Gasteiger partial charge on any atom is 0.239 e. The van der Waals surface area contributed by atoms with Gasteiger partial charge in [-0.05, 0) is 12.8 Å². The third kappa shape index (κ3) is 4.83. The molecule has 1 saturated carbocycles. The molecule has 2 aliphatic rings. The van der Waals surface area contributed by atoms with Crippen LogP contribution in [0, 0.1) is 0 Å². The molecule has 1 aliphatic carbocycles. The van der Waals surface area contributed by atoms with Gasteiger partial charge < -0.3 is 20.7 Å². The molecule has 7 heteroatoms. The van der Waals surface area contributed by atoms with Crippen LogP contribution in [0.2, 0.25) is 0 Å². The molecule has 2 unspecified atom stereocenters. The third-order valence-electron chi connectivity index (χ3n) is 4.20. The molecule has 1 heterocycles. The first kappa shape index (κ1) is 18.2. The van der Waals surface area contributed by atoms with Crippen LogP contribution in [0.1, 0.15) is 38.5 Å². The number of carbonyl (C=O) groups excluding carboxylic acids is 2. The van der Waals surface area contributed by atoms with Crippen LogP contribution in [-0.4, -0.2) is 55.1 Å². The van der Waals surface area contributed by atoms with Gasteiger partial charge in [0.15, 0.2) is 0 Å². The Balaban J connectivity index is 0.00000220. The van der Waals surface area contributed by atoms with Gasteiger partial charge in [0.2, 0.25) is 11.8 Å². The van der Waals surface area contributed by atoms with Crippen LogP contribution in [0.3, 0.4) is 0 Å². The minimum absolute atomic E-state index is 0. The van der Waals surface area contributed by atoms with Crippen molar-refractivity contribution in [3.05, 3.63) is 0 Å². The lowest BCUT2D eigenvalue weighted by molar-refractivity contribution is -0.130. The standard InChI is InChI=1S/C14H25N3O3.ClH/c1-20-9-12(15)14(19)16-10-7-13(18)17(8-10)11-5-3-2-4-6-11;/h10-12H,2-9,15H2,1H3,(H,16,19);1H. The molecule has 2 fully saturated rings. The SMILES string of the molecule is COCC(N)C(=O)NC1CC(=O)N(C2CCCCC2)C1.Cl. The molecule has 3 N–H and O–H groups in total. The zero-order valence-corrected chi connectivity index (χ0v) is 13.4. The van der Waals surface area contributed by atoms with Crippen LogP contribution in [0.15, 0.2) is 0 Å². The largest absolute Gasteiger partial charge is 0.383 e. The molecule has 0 aromatic heterocycles. The number of nitrogens with one attached hydrogen (secondary N) is 1. The average Bonchev–Trinajstić information content (AvgIpc) is 2.80. The summed E-state index contributed by atoms with van der Waals surface area (Å²) in [6.45, 7) is 0.813. The Hall–Kier alpha value is -0.850. The second-order valence-electron chi connectivity index (χ2n) is 5.81. The van der Waals surface area contributed by atoms with Crippen LogP contribution >= 0.6 is 12.4 Å². The summed E-state index contributed by atoms with van der Waals surface area (Å²) in [4.78, 5) is 25.9. The molecule has 0 spiro atoms. The number of ether oxygens (including phenoxy) is 1. The minimum atomic E-state index is -0.668. The van der Waals surface area contributed by atoms with Crippen LogP contribution in [-0.2, 0) is 14.3 Å². The monoisotopic (exact) mass is 319 g/mol. The average molecular weight is 320 g/mol. The van der Waals surface area contributed by atoms with Crippen molar-refractivity contribution in [2.45, 2.75) is 56.7 Å². The molecule has 21 heavy (non-hydrogen) atoms. The summed E-state index contributed by atoms with van der Waals surface area (Å²) < 4.78 is 4.86. The number of carbonyl (C=O) groups is 2. The fourth-order valence-electron chi connectivity index (χ4n) is 3.14.